The van der Waals surface area contributed by atoms with Crippen molar-refractivity contribution in [2.24, 2.45) is 5.41 Å². The van der Waals surface area contributed by atoms with Gasteiger partial charge in [-0.2, -0.15) is 0 Å². The van der Waals surface area contributed by atoms with E-state index < -0.39 is 0 Å². The van der Waals surface area contributed by atoms with Crippen LogP contribution in [-0.4, -0.2) is 22.7 Å². The first kappa shape index (κ1) is 21.6. The fraction of sp³-hybridized carbons (Fsp3) is 0.435. The van der Waals surface area contributed by atoms with E-state index in [0.29, 0.717) is 11.3 Å². The number of ketones is 1. The lowest BCUT2D eigenvalue weighted by Gasteiger charge is -2.34. The summed E-state index contributed by atoms with van der Waals surface area (Å²) in [6.45, 7) is 6.79. The summed E-state index contributed by atoms with van der Waals surface area (Å²) in [7, 11) is 0. The summed E-state index contributed by atoms with van der Waals surface area (Å²) < 4.78 is 0. The maximum absolute atomic E-state index is 12.8. The molecule has 0 atom stereocenters. The van der Waals surface area contributed by atoms with Gasteiger partial charge in [-0.3, -0.25) is 15.3 Å². The van der Waals surface area contributed by atoms with Gasteiger partial charge in [0, 0.05) is 17.5 Å². The Labute approximate surface area is 166 Å². The van der Waals surface area contributed by atoms with E-state index in [4.69, 9.17) is 10.5 Å². The van der Waals surface area contributed by atoms with E-state index in [1.54, 1.807) is 0 Å². The smallest absolute Gasteiger partial charge is 0.194 e. The Morgan fingerprint density at radius 1 is 0.889 bits per heavy atom. The Morgan fingerprint density at radius 3 is 2.00 bits per heavy atom. The minimum Gasteiger partial charge on any atom is -0.289 e. The van der Waals surface area contributed by atoms with Gasteiger partial charge in [0.2, 0.25) is 0 Å². The van der Waals surface area contributed by atoms with Crippen molar-refractivity contribution in [1.29, 1.82) is 0 Å². The summed E-state index contributed by atoms with van der Waals surface area (Å²) in [4.78, 5) is 12.8. The molecule has 0 unspecified atom stereocenters. The molecule has 146 valence electrons. The van der Waals surface area contributed by atoms with Gasteiger partial charge in [-0.25, -0.2) is 0 Å². The normalized spacial score (nSPS) is 17.1. The van der Waals surface area contributed by atoms with Crippen LogP contribution >= 0.6 is 11.6 Å². The second-order valence-corrected chi connectivity index (χ2v) is 8.12. The highest BCUT2D eigenvalue weighted by Gasteiger charge is 2.30. The Hall–Kier alpha value is -1.68. The van der Waals surface area contributed by atoms with E-state index in [9.17, 15) is 4.79 Å². The number of benzene rings is 2. The van der Waals surface area contributed by atoms with Crippen LogP contribution in [0.5, 0.6) is 0 Å². The van der Waals surface area contributed by atoms with Gasteiger partial charge >= 0.3 is 0 Å². The number of fused-ring (bicyclic) bond motifs is 3. The molecule has 0 aromatic heterocycles. The van der Waals surface area contributed by atoms with E-state index in [1.807, 2.05) is 13.0 Å². The molecule has 4 rings (SSSR count). The lowest BCUT2D eigenvalue weighted by molar-refractivity contribution is -0.176. The zero-order valence-corrected chi connectivity index (χ0v) is 17.3. The van der Waals surface area contributed by atoms with Crippen molar-refractivity contribution in [3.05, 3.63) is 58.7 Å². The molecule has 0 amide bonds. The largest absolute Gasteiger partial charge is 0.289 e. The van der Waals surface area contributed by atoms with Crippen LogP contribution in [0.25, 0.3) is 11.1 Å². The Morgan fingerprint density at radius 2 is 1.41 bits per heavy atom. The summed E-state index contributed by atoms with van der Waals surface area (Å²) in [6.07, 6.45) is 6.52. The van der Waals surface area contributed by atoms with Crippen LogP contribution in [0.3, 0.4) is 0 Å². The van der Waals surface area contributed by atoms with Gasteiger partial charge in [-0.15, -0.1) is 11.6 Å². The van der Waals surface area contributed by atoms with Crippen LogP contribution in [-0.2, 0) is 0 Å². The van der Waals surface area contributed by atoms with Gasteiger partial charge in [0.1, 0.15) is 0 Å². The van der Waals surface area contributed by atoms with E-state index in [1.165, 1.54) is 37.6 Å². The number of alkyl halides is 1. The Bertz CT molecular complexity index is 801. The van der Waals surface area contributed by atoms with Gasteiger partial charge in [0.05, 0.1) is 0 Å². The van der Waals surface area contributed by atoms with Crippen LogP contribution < -0.4 is 0 Å². The third-order valence-electron chi connectivity index (χ3n) is 5.81. The first-order chi connectivity index (χ1) is 12.9. The number of aryl methyl sites for hydroxylation is 1. The van der Waals surface area contributed by atoms with Crippen molar-refractivity contribution in [3.8, 4) is 11.1 Å². The predicted octanol–water partition coefficient (Wildman–Crippen LogP) is 6.76. The monoisotopic (exact) mass is 388 g/mol. The number of rotatable bonds is 1. The summed E-state index contributed by atoms with van der Waals surface area (Å²) in [5.74, 6) is 0.822. The Balaban J connectivity index is 0.000000614. The second-order valence-electron chi connectivity index (χ2n) is 8.12. The van der Waals surface area contributed by atoms with E-state index >= 15 is 0 Å². The lowest BCUT2D eigenvalue weighted by Crippen LogP contribution is -2.20. The molecule has 2 aliphatic carbocycles. The van der Waals surface area contributed by atoms with Crippen LogP contribution in [0.2, 0.25) is 0 Å². The molecule has 0 saturated heterocycles. The number of carbonyl (C=O) groups excluding carboxylic acids is 1. The molecule has 4 heteroatoms. The van der Waals surface area contributed by atoms with E-state index in [0.717, 1.165) is 27.8 Å². The quantitative estimate of drug-likeness (QED) is 0.275. The van der Waals surface area contributed by atoms with Crippen LogP contribution in [0.15, 0.2) is 36.4 Å². The number of hydrogen-bond donors (Lipinski definition) is 2. The molecule has 0 bridgehead atoms. The minimum absolute atomic E-state index is 0.205. The van der Waals surface area contributed by atoms with Gasteiger partial charge in [0.25, 0.3) is 0 Å². The molecule has 1 saturated carbocycles. The summed E-state index contributed by atoms with van der Waals surface area (Å²) in [5, 5.41) is 12.0. The fourth-order valence-electron chi connectivity index (χ4n) is 4.20. The number of carbonyl (C=O) groups is 1. The molecule has 2 aliphatic rings. The van der Waals surface area contributed by atoms with Gasteiger partial charge in [-0.05, 0) is 72.8 Å². The zero-order chi connectivity index (χ0) is 20.2. The van der Waals surface area contributed by atoms with Crippen LogP contribution in [0.4, 0.5) is 0 Å². The minimum atomic E-state index is 0.205. The first-order valence-electron chi connectivity index (χ1n) is 9.32. The standard InChI is InChI=1S/C22H24O.CH3Cl.H2O2/c1-14-4-6-17-18-7-5-16(13-20(18)21(23)19(17)12-14)15-8-10-22(2,3)11-9-15;2*1-2/h4-7,12-13,15H,8-11H2,1-3H3;1H3;1-2H. The molecule has 0 spiro atoms. The molecular weight excluding hydrogens is 360 g/mol. The maximum atomic E-state index is 12.8. The highest BCUT2D eigenvalue weighted by atomic mass is 35.5. The van der Waals surface area contributed by atoms with Crippen molar-refractivity contribution >= 4 is 17.4 Å². The molecule has 0 heterocycles. The predicted molar refractivity (Wildman–Crippen MR) is 112 cm³/mol. The van der Waals surface area contributed by atoms with Crippen LogP contribution in [0.1, 0.15) is 72.5 Å². The number of halogens is 1. The first-order valence-corrected chi connectivity index (χ1v) is 10.1. The van der Waals surface area contributed by atoms with Gasteiger partial charge < -0.3 is 0 Å². The van der Waals surface area contributed by atoms with Crippen molar-refractivity contribution < 1.29 is 15.3 Å². The molecule has 1 fully saturated rings. The van der Waals surface area contributed by atoms with Crippen molar-refractivity contribution in [2.75, 3.05) is 6.38 Å². The summed E-state index contributed by atoms with van der Waals surface area (Å²) in [6, 6.07) is 12.8. The highest BCUT2D eigenvalue weighted by Crippen LogP contribution is 2.44. The van der Waals surface area contributed by atoms with E-state index in [-0.39, 0.29) is 5.78 Å². The van der Waals surface area contributed by atoms with Crippen LogP contribution in [0, 0.1) is 12.3 Å². The summed E-state index contributed by atoms with van der Waals surface area (Å²) in [5.41, 5.74) is 7.00. The molecule has 2 N–H and O–H groups in total. The molecule has 2 aromatic rings. The molecule has 3 nitrogen and oxygen atoms in total. The van der Waals surface area contributed by atoms with E-state index in [2.05, 4.69) is 55.8 Å². The average Bonchev–Trinajstić information content (AvgIpc) is 2.96. The van der Waals surface area contributed by atoms with Crippen molar-refractivity contribution in [3.63, 3.8) is 0 Å². The summed E-state index contributed by atoms with van der Waals surface area (Å²) >= 11 is 4.64. The average molecular weight is 389 g/mol. The molecule has 27 heavy (non-hydrogen) atoms. The number of hydrogen-bond acceptors (Lipinski definition) is 3. The molecule has 0 aliphatic heterocycles. The molecular formula is C23H29ClO3. The van der Waals surface area contributed by atoms with Gasteiger partial charge in [0.15, 0.2) is 5.78 Å². The highest BCUT2D eigenvalue weighted by molar-refractivity contribution is 6.21. The fourth-order valence-corrected chi connectivity index (χ4v) is 4.20. The molecule has 2 aromatic carbocycles. The second kappa shape index (κ2) is 9.01. The zero-order valence-electron chi connectivity index (χ0n) is 16.6. The third-order valence-corrected chi connectivity index (χ3v) is 5.81. The lowest BCUT2D eigenvalue weighted by atomic mass is 9.71. The molecule has 0 radical (unpaired) electrons. The SMILES string of the molecule is CCl.Cc1ccc2c(c1)C(=O)c1cc(C3CCC(C)(C)CC3)ccc1-2.OO. The topological polar surface area (TPSA) is 57.5 Å². The third kappa shape index (κ3) is 4.43. The Kier molecular flexibility index (Phi) is 7.21. The van der Waals surface area contributed by atoms with Gasteiger partial charge in [-0.1, -0.05) is 43.7 Å². The van der Waals surface area contributed by atoms with Crippen molar-refractivity contribution in [2.45, 2.75) is 52.4 Å². The van der Waals surface area contributed by atoms with Crippen molar-refractivity contribution in [1.82, 2.24) is 0 Å². The maximum Gasteiger partial charge on any atom is 0.194 e.